The molecule has 1 N–H and O–H groups in total. The second kappa shape index (κ2) is 6.72. The average molecular weight is 287 g/mol. The van der Waals surface area contributed by atoms with Crippen LogP contribution >= 0.6 is 0 Å². The molecule has 5 heteroatoms. The van der Waals surface area contributed by atoms with E-state index in [1.165, 1.54) is 0 Å². The third-order valence-electron chi connectivity index (χ3n) is 3.67. The summed E-state index contributed by atoms with van der Waals surface area (Å²) in [5.41, 5.74) is 0.956. The number of rotatable bonds is 5. The summed E-state index contributed by atoms with van der Waals surface area (Å²) in [4.78, 5) is 4.54. The van der Waals surface area contributed by atoms with Crippen LogP contribution in [0.4, 0.5) is 0 Å². The van der Waals surface area contributed by atoms with Crippen LogP contribution in [-0.2, 0) is 0 Å². The van der Waals surface area contributed by atoms with Gasteiger partial charge in [-0.15, -0.1) is 0 Å². The van der Waals surface area contributed by atoms with Crippen LogP contribution < -0.4 is 10.1 Å². The van der Waals surface area contributed by atoms with Gasteiger partial charge in [0.05, 0.1) is 12.5 Å². The molecule has 2 heterocycles. The van der Waals surface area contributed by atoms with E-state index < -0.39 is 0 Å². The molecular weight excluding hydrogens is 266 g/mol. The van der Waals surface area contributed by atoms with Gasteiger partial charge in [-0.05, 0) is 50.1 Å². The van der Waals surface area contributed by atoms with E-state index in [1.54, 1.807) is 0 Å². The number of hydrogen-bond acceptors (Lipinski definition) is 5. The van der Waals surface area contributed by atoms with Crippen LogP contribution in [0.1, 0.15) is 38.0 Å². The Balaban J connectivity index is 1.70. The van der Waals surface area contributed by atoms with E-state index in [-0.39, 0.29) is 0 Å². The van der Waals surface area contributed by atoms with Crippen molar-refractivity contribution in [3.63, 3.8) is 0 Å². The summed E-state index contributed by atoms with van der Waals surface area (Å²) in [7, 11) is 0. The van der Waals surface area contributed by atoms with Gasteiger partial charge in [-0.25, -0.2) is 0 Å². The predicted molar refractivity (Wildman–Crippen MR) is 80.4 cm³/mol. The highest BCUT2D eigenvalue weighted by atomic mass is 16.5. The fraction of sp³-hybridized carbons (Fsp3) is 0.500. The summed E-state index contributed by atoms with van der Waals surface area (Å²) < 4.78 is 11.0. The minimum atomic E-state index is 0.340. The highest BCUT2D eigenvalue weighted by Crippen LogP contribution is 2.25. The maximum absolute atomic E-state index is 5.57. The predicted octanol–water partition coefficient (Wildman–Crippen LogP) is 2.99. The fourth-order valence-corrected chi connectivity index (χ4v) is 2.50. The summed E-state index contributed by atoms with van der Waals surface area (Å²) in [6, 6.07) is 7.84. The molecule has 1 atom stereocenters. The number of benzene rings is 1. The van der Waals surface area contributed by atoms with Crippen LogP contribution in [0.15, 0.2) is 28.8 Å². The monoisotopic (exact) mass is 287 g/mol. The van der Waals surface area contributed by atoms with Gasteiger partial charge in [0.1, 0.15) is 5.75 Å². The molecule has 1 aliphatic heterocycles. The first-order chi connectivity index (χ1) is 10.4. The summed E-state index contributed by atoms with van der Waals surface area (Å²) in [5.74, 6) is 2.61. The molecule has 1 unspecified atom stereocenters. The van der Waals surface area contributed by atoms with E-state index in [1.807, 2.05) is 24.3 Å². The van der Waals surface area contributed by atoms with Crippen molar-refractivity contribution >= 4 is 0 Å². The molecule has 1 aliphatic rings. The average Bonchev–Trinajstić information content (AvgIpc) is 3.04. The topological polar surface area (TPSA) is 60.2 Å². The second-order valence-electron chi connectivity index (χ2n) is 5.37. The first kappa shape index (κ1) is 14.1. The standard InChI is InChI=1S/C16H21N3O2/c1-2-10-20-14-7-5-12(6-8-14)15-18-16(21-19-15)13-4-3-9-17-11-13/h5-8,13,17H,2-4,9-11H2,1H3. The maximum atomic E-state index is 5.57. The number of piperidine rings is 1. The lowest BCUT2D eigenvalue weighted by molar-refractivity contribution is 0.317. The Morgan fingerprint density at radius 3 is 2.90 bits per heavy atom. The Hall–Kier alpha value is -1.88. The van der Waals surface area contributed by atoms with Gasteiger partial charge in [-0.2, -0.15) is 4.98 Å². The minimum absolute atomic E-state index is 0.340. The van der Waals surface area contributed by atoms with Crippen molar-refractivity contribution < 1.29 is 9.26 Å². The van der Waals surface area contributed by atoms with Crippen molar-refractivity contribution in [2.24, 2.45) is 0 Å². The van der Waals surface area contributed by atoms with Gasteiger partial charge in [0, 0.05) is 12.1 Å². The molecule has 112 valence electrons. The molecule has 5 nitrogen and oxygen atoms in total. The van der Waals surface area contributed by atoms with E-state index >= 15 is 0 Å². The number of nitrogens with zero attached hydrogens (tertiary/aromatic N) is 2. The van der Waals surface area contributed by atoms with Crippen molar-refractivity contribution in [3.8, 4) is 17.1 Å². The lowest BCUT2D eigenvalue weighted by Crippen LogP contribution is -2.28. The van der Waals surface area contributed by atoms with Crippen LogP contribution in [0.2, 0.25) is 0 Å². The van der Waals surface area contributed by atoms with Crippen molar-refractivity contribution in [1.82, 2.24) is 15.5 Å². The van der Waals surface area contributed by atoms with Crippen LogP contribution in [0.3, 0.4) is 0 Å². The van der Waals surface area contributed by atoms with Gasteiger partial charge in [0.15, 0.2) is 0 Å². The smallest absolute Gasteiger partial charge is 0.231 e. The van der Waals surface area contributed by atoms with Gasteiger partial charge < -0.3 is 14.6 Å². The molecule has 1 aromatic heterocycles. The maximum Gasteiger partial charge on any atom is 0.231 e. The van der Waals surface area contributed by atoms with E-state index in [0.29, 0.717) is 11.7 Å². The van der Waals surface area contributed by atoms with Gasteiger partial charge in [-0.1, -0.05) is 12.1 Å². The van der Waals surface area contributed by atoms with E-state index in [0.717, 1.165) is 56.2 Å². The summed E-state index contributed by atoms with van der Waals surface area (Å²) >= 11 is 0. The van der Waals surface area contributed by atoms with E-state index in [2.05, 4.69) is 22.4 Å². The van der Waals surface area contributed by atoms with Crippen LogP contribution in [0, 0.1) is 0 Å². The van der Waals surface area contributed by atoms with Crippen molar-refractivity contribution in [1.29, 1.82) is 0 Å². The molecule has 1 aromatic carbocycles. The first-order valence-corrected chi connectivity index (χ1v) is 7.64. The Kier molecular flexibility index (Phi) is 4.50. The zero-order chi connectivity index (χ0) is 14.5. The molecule has 1 fully saturated rings. The highest BCUT2D eigenvalue weighted by Gasteiger charge is 2.21. The molecule has 2 aromatic rings. The molecule has 0 aliphatic carbocycles. The lowest BCUT2D eigenvalue weighted by atomic mass is 10.00. The molecule has 0 saturated carbocycles. The second-order valence-corrected chi connectivity index (χ2v) is 5.37. The van der Waals surface area contributed by atoms with Crippen molar-refractivity contribution in [3.05, 3.63) is 30.2 Å². The summed E-state index contributed by atoms with van der Waals surface area (Å²) in [6.07, 6.45) is 3.27. The molecule has 0 spiro atoms. The van der Waals surface area contributed by atoms with Gasteiger partial charge in [-0.3, -0.25) is 0 Å². The zero-order valence-corrected chi connectivity index (χ0v) is 12.3. The molecule has 1 saturated heterocycles. The number of nitrogens with one attached hydrogen (secondary N) is 1. The van der Waals surface area contributed by atoms with Crippen LogP contribution in [0.25, 0.3) is 11.4 Å². The molecule has 21 heavy (non-hydrogen) atoms. The molecule has 0 radical (unpaired) electrons. The summed E-state index contributed by atoms with van der Waals surface area (Å²) in [6.45, 7) is 4.83. The quantitative estimate of drug-likeness (QED) is 0.916. The van der Waals surface area contributed by atoms with Gasteiger partial charge >= 0.3 is 0 Å². The Bertz CT molecular complexity index is 559. The number of ether oxygens (including phenoxy) is 1. The molecule has 3 rings (SSSR count). The van der Waals surface area contributed by atoms with E-state index in [9.17, 15) is 0 Å². The fourth-order valence-electron chi connectivity index (χ4n) is 2.50. The third-order valence-corrected chi connectivity index (χ3v) is 3.67. The third kappa shape index (κ3) is 3.42. The zero-order valence-electron chi connectivity index (χ0n) is 12.3. The number of hydrogen-bond donors (Lipinski definition) is 1. The SMILES string of the molecule is CCCOc1ccc(-c2noc(C3CCCNC3)n2)cc1. The van der Waals surface area contributed by atoms with E-state index in [4.69, 9.17) is 9.26 Å². The summed E-state index contributed by atoms with van der Waals surface area (Å²) in [5, 5.41) is 7.46. The molecule has 0 bridgehead atoms. The normalized spacial score (nSPS) is 18.6. The minimum Gasteiger partial charge on any atom is -0.494 e. The van der Waals surface area contributed by atoms with Crippen LogP contribution in [0.5, 0.6) is 5.75 Å². The Morgan fingerprint density at radius 2 is 2.19 bits per heavy atom. The molecular formula is C16H21N3O2. The lowest BCUT2D eigenvalue weighted by Gasteiger charge is -2.18. The largest absolute Gasteiger partial charge is 0.494 e. The van der Waals surface area contributed by atoms with Crippen molar-refractivity contribution in [2.45, 2.75) is 32.1 Å². The van der Waals surface area contributed by atoms with Gasteiger partial charge in [0.25, 0.3) is 0 Å². The first-order valence-electron chi connectivity index (χ1n) is 7.64. The Labute approximate surface area is 124 Å². The van der Waals surface area contributed by atoms with Crippen LogP contribution in [-0.4, -0.2) is 29.8 Å². The molecule has 0 amide bonds. The Morgan fingerprint density at radius 1 is 1.33 bits per heavy atom. The number of aromatic nitrogens is 2. The van der Waals surface area contributed by atoms with Gasteiger partial charge in [0.2, 0.25) is 11.7 Å². The van der Waals surface area contributed by atoms with Crippen molar-refractivity contribution in [2.75, 3.05) is 19.7 Å². The highest BCUT2D eigenvalue weighted by molar-refractivity contribution is 5.55.